The van der Waals surface area contributed by atoms with Crippen molar-refractivity contribution in [3.05, 3.63) is 28.1 Å². The average molecular weight is 187 g/mol. The van der Waals surface area contributed by atoms with Gasteiger partial charge in [-0.1, -0.05) is 6.92 Å². The largest absolute Gasteiger partial charge is 0.257 e. The van der Waals surface area contributed by atoms with Gasteiger partial charge in [0.1, 0.15) is 0 Å². The molecule has 0 fully saturated rings. The highest BCUT2D eigenvalue weighted by Gasteiger charge is 2.26. The number of nitrogens with zero attached hydrogens (tertiary/aromatic N) is 1. The van der Waals surface area contributed by atoms with E-state index in [1.807, 2.05) is 0 Å². The predicted molar refractivity (Wildman–Crippen MR) is 57.7 cm³/mol. The second kappa shape index (κ2) is 2.82. The summed E-state index contributed by atoms with van der Waals surface area (Å²) in [7, 11) is 0. The Kier molecular flexibility index (Phi) is 1.70. The van der Waals surface area contributed by atoms with Crippen molar-refractivity contribution in [3.8, 4) is 0 Å². The monoisotopic (exact) mass is 187 g/mol. The summed E-state index contributed by atoms with van der Waals surface area (Å²) in [5.41, 5.74) is 7.57. The number of pyridine rings is 1. The molecule has 1 heterocycles. The summed E-state index contributed by atoms with van der Waals surface area (Å²) in [6.45, 7) is 4.63. The van der Waals surface area contributed by atoms with Crippen LogP contribution in [0.3, 0.4) is 0 Å². The lowest BCUT2D eigenvalue weighted by Crippen LogP contribution is -2.01. The van der Waals surface area contributed by atoms with E-state index in [2.05, 4.69) is 13.8 Å². The number of hydrogen-bond acceptors (Lipinski definition) is 1. The fourth-order valence-corrected chi connectivity index (χ4v) is 3.06. The summed E-state index contributed by atoms with van der Waals surface area (Å²) < 4.78 is 0. The Morgan fingerprint density at radius 2 is 2.00 bits per heavy atom. The van der Waals surface area contributed by atoms with Gasteiger partial charge in [0.05, 0.1) is 0 Å². The SMILES string of the molecule is Cc1c2c(nc3c1CC[C@@H]3C)CCC2. The van der Waals surface area contributed by atoms with E-state index in [0.29, 0.717) is 5.92 Å². The van der Waals surface area contributed by atoms with Gasteiger partial charge in [-0.05, 0) is 61.6 Å². The maximum absolute atomic E-state index is 4.88. The Bertz CT molecular complexity index is 393. The second-order valence-electron chi connectivity index (χ2n) is 4.82. The first-order chi connectivity index (χ1) is 6.77. The van der Waals surface area contributed by atoms with E-state index in [0.717, 1.165) is 0 Å². The molecular weight excluding hydrogens is 170 g/mol. The fraction of sp³-hybridized carbons (Fsp3) is 0.615. The highest BCUT2D eigenvalue weighted by molar-refractivity contribution is 5.45. The Hall–Kier alpha value is -0.850. The van der Waals surface area contributed by atoms with E-state index < -0.39 is 0 Å². The molecule has 2 aliphatic carbocycles. The minimum Gasteiger partial charge on any atom is -0.257 e. The predicted octanol–water partition coefficient (Wildman–Crippen LogP) is 2.93. The molecule has 0 spiro atoms. The van der Waals surface area contributed by atoms with Crippen LogP contribution < -0.4 is 0 Å². The van der Waals surface area contributed by atoms with Crippen LogP contribution in [0.5, 0.6) is 0 Å². The Balaban J connectivity index is 2.24. The highest BCUT2D eigenvalue weighted by atomic mass is 14.8. The summed E-state index contributed by atoms with van der Waals surface area (Å²) in [5.74, 6) is 0.703. The van der Waals surface area contributed by atoms with Gasteiger partial charge in [0.15, 0.2) is 0 Å². The number of hydrogen-bond donors (Lipinski definition) is 0. The number of aryl methyl sites for hydroxylation is 1. The molecule has 0 unspecified atom stereocenters. The van der Waals surface area contributed by atoms with Crippen LogP contribution in [-0.4, -0.2) is 4.98 Å². The van der Waals surface area contributed by atoms with Gasteiger partial charge in [-0.2, -0.15) is 0 Å². The topological polar surface area (TPSA) is 12.9 Å². The molecule has 0 saturated heterocycles. The molecule has 0 amide bonds. The quantitative estimate of drug-likeness (QED) is 0.608. The molecule has 2 aliphatic rings. The molecule has 0 bridgehead atoms. The van der Waals surface area contributed by atoms with Crippen molar-refractivity contribution < 1.29 is 0 Å². The summed E-state index contributed by atoms with van der Waals surface area (Å²) >= 11 is 0. The van der Waals surface area contributed by atoms with Gasteiger partial charge < -0.3 is 0 Å². The minimum atomic E-state index is 0.703. The molecule has 74 valence electrons. The Morgan fingerprint density at radius 3 is 2.86 bits per heavy atom. The number of rotatable bonds is 0. The van der Waals surface area contributed by atoms with Gasteiger partial charge in [0, 0.05) is 11.4 Å². The van der Waals surface area contributed by atoms with Gasteiger partial charge in [0.25, 0.3) is 0 Å². The van der Waals surface area contributed by atoms with Crippen LogP contribution in [0.2, 0.25) is 0 Å². The van der Waals surface area contributed by atoms with Crippen molar-refractivity contribution in [2.24, 2.45) is 0 Å². The van der Waals surface area contributed by atoms with Crippen molar-refractivity contribution in [2.75, 3.05) is 0 Å². The third-order valence-corrected chi connectivity index (χ3v) is 3.95. The molecule has 0 radical (unpaired) electrons. The maximum atomic E-state index is 4.88. The summed E-state index contributed by atoms with van der Waals surface area (Å²) in [6, 6.07) is 0. The molecule has 0 aliphatic heterocycles. The van der Waals surface area contributed by atoms with E-state index in [1.54, 1.807) is 16.7 Å². The van der Waals surface area contributed by atoms with Crippen LogP contribution in [0.15, 0.2) is 0 Å². The van der Waals surface area contributed by atoms with Crippen molar-refractivity contribution in [3.63, 3.8) is 0 Å². The lowest BCUT2D eigenvalue weighted by Gasteiger charge is -2.11. The van der Waals surface area contributed by atoms with Crippen molar-refractivity contribution in [1.82, 2.24) is 4.98 Å². The van der Waals surface area contributed by atoms with E-state index in [1.165, 1.54) is 43.5 Å². The van der Waals surface area contributed by atoms with Crippen LogP contribution in [0.1, 0.15) is 53.8 Å². The van der Waals surface area contributed by atoms with E-state index >= 15 is 0 Å². The fourth-order valence-electron chi connectivity index (χ4n) is 3.06. The van der Waals surface area contributed by atoms with Gasteiger partial charge in [-0.3, -0.25) is 4.98 Å². The molecule has 14 heavy (non-hydrogen) atoms. The third kappa shape index (κ3) is 0.985. The second-order valence-corrected chi connectivity index (χ2v) is 4.82. The maximum Gasteiger partial charge on any atom is 0.0469 e. The minimum absolute atomic E-state index is 0.703. The molecule has 0 saturated carbocycles. The van der Waals surface area contributed by atoms with E-state index in [9.17, 15) is 0 Å². The standard InChI is InChI=1S/C13H17N/c1-8-6-7-11-9(2)10-4-3-5-12(10)14-13(8)11/h8H,3-7H2,1-2H3/t8-/m0/s1. The molecular formula is C13H17N. The summed E-state index contributed by atoms with van der Waals surface area (Å²) in [5, 5.41) is 0. The van der Waals surface area contributed by atoms with Gasteiger partial charge >= 0.3 is 0 Å². The first kappa shape index (κ1) is 8.46. The summed E-state index contributed by atoms with van der Waals surface area (Å²) in [4.78, 5) is 4.88. The van der Waals surface area contributed by atoms with Gasteiger partial charge in [-0.15, -0.1) is 0 Å². The van der Waals surface area contributed by atoms with E-state index in [4.69, 9.17) is 4.98 Å². The number of aromatic nitrogens is 1. The molecule has 0 N–H and O–H groups in total. The molecule has 1 aromatic heterocycles. The van der Waals surface area contributed by atoms with Crippen LogP contribution in [0, 0.1) is 6.92 Å². The van der Waals surface area contributed by atoms with Crippen molar-refractivity contribution in [1.29, 1.82) is 0 Å². The average Bonchev–Trinajstić information content (AvgIpc) is 2.75. The first-order valence-electron chi connectivity index (χ1n) is 5.78. The van der Waals surface area contributed by atoms with Gasteiger partial charge in [-0.25, -0.2) is 0 Å². The Labute approximate surface area is 85.6 Å². The highest BCUT2D eigenvalue weighted by Crippen LogP contribution is 2.37. The van der Waals surface area contributed by atoms with Crippen LogP contribution >= 0.6 is 0 Å². The zero-order valence-electron chi connectivity index (χ0n) is 9.06. The summed E-state index contributed by atoms with van der Waals surface area (Å²) in [6.07, 6.45) is 6.39. The first-order valence-corrected chi connectivity index (χ1v) is 5.78. The van der Waals surface area contributed by atoms with Crippen molar-refractivity contribution >= 4 is 0 Å². The number of fused-ring (bicyclic) bond motifs is 2. The zero-order chi connectivity index (χ0) is 9.71. The lowest BCUT2D eigenvalue weighted by atomic mass is 10.0. The smallest absolute Gasteiger partial charge is 0.0469 e. The molecule has 0 aromatic carbocycles. The zero-order valence-corrected chi connectivity index (χ0v) is 9.06. The van der Waals surface area contributed by atoms with Crippen molar-refractivity contribution in [2.45, 2.75) is 51.9 Å². The van der Waals surface area contributed by atoms with Crippen LogP contribution in [0.25, 0.3) is 0 Å². The van der Waals surface area contributed by atoms with Gasteiger partial charge in [0.2, 0.25) is 0 Å². The molecule has 1 nitrogen and oxygen atoms in total. The molecule has 1 heteroatoms. The lowest BCUT2D eigenvalue weighted by molar-refractivity contribution is 0.726. The van der Waals surface area contributed by atoms with E-state index in [-0.39, 0.29) is 0 Å². The third-order valence-electron chi connectivity index (χ3n) is 3.95. The van der Waals surface area contributed by atoms with Crippen LogP contribution in [0.4, 0.5) is 0 Å². The van der Waals surface area contributed by atoms with Crippen LogP contribution in [-0.2, 0) is 19.3 Å². The molecule has 3 rings (SSSR count). The molecule has 1 atom stereocenters. The normalized spacial score (nSPS) is 23.7. The Morgan fingerprint density at radius 1 is 1.14 bits per heavy atom. The molecule has 1 aromatic rings.